The summed E-state index contributed by atoms with van der Waals surface area (Å²) in [5.74, 6) is -11.9. The fraction of sp³-hybridized carbons (Fsp3) is 0.0588. The Hall–Kier alpha value is -3.36. The summed E-state index contributed by atoms with van der Waals surface area (Å²) in [6, 6.07) is 8.01. The predicted molar refractivity (Wildman–Crippen MR) is 82.5 cm³/mol. The molecule has 5 nitrogen and oxygen atoms in total. The number of aromatic hydroxyl groups is 1. The molecule has 3 aromatic rings. The van der Waals surface area contributed by atoms with E-state index < -0.39 is 51.5 Å². The number of halogens is 4. The molecule has 26 heavy (non-hydrogen) atoms. The zero-order valence-corrected chi connectivity index (χ0v) is 13.1. The van der Waals surface area contributed by atoms with Gasteiger partial charge in [-0.15, -0.1) is 0 Å². The van der Waals surface area contributed by atoms with Gasteiger partial charge in [-0.2, -0.15) is 4.39 Å². The Labute approximate surface area is 143 Å². The lowest BCUT2D eigenvalue weighted by Gasteiger charge is -2.07. The lowest BCUT2D eigenvalue weighted by molar-refractivity contribution is 0.102. The number of phenolic OH excluding ortho intramolecular Hbond substituents is 1. The largest absolute Gasteiger partial charge is 0.504 e. The average Bonchev–Trinajstić information content (AvgIpc) is 2.93. The highest BCUT2D eigenvalue weighted by Crippen LogP contribution is 2.31. The molecule has 0 atom stereocenters. The number of carbonyl (C=O) groups excluding carboxylic acids is 1. The minimum Gasteiger partial charge on any atom is -0.504 e. The van der Waals surface area contributed by atoms with E-state index in [1.807, 2.05) is 0 Å². The van der Waals surface area contributed by atoms with E-state index in [9.17, 15) is 32.3 Å². The molecule has 0 saturated heterocycles. The second-order valence-corrected chi connectivity index (χ2v) is 5.40. The topological polar surface area (TPSA) is 75.1 Å². The van der Waals surface area contributed by atoms with E-state index in [4.69, 9.17) is 0 Å². The Bertz CT molecular complexity index is 1060. The molecule has 1 heterocycles. The van der Waals surface area contributed by atoms with Crippen molar-refractivity contribution in [2.75, 3.05) is 0 Å². The van der Waals surface area contributed by atoms with E-state index in [-0.39, 0.29) is 5.69 Å². The summed E-state index contributed by atoms with van der Waals surface area (Å²) in [4.78, 5) is 25.0. The lowest BCUT2D eigenvalue weighted by atomic mass is 10.0. The third-order valence-electron chi connectivity index (χ3n) is 3.78. The number of carbonyl (C=O) groups is 1. The summed E-state index contributed by atoms with van der Waals surface area (Å²) in [7, 11) is 0. The van der Waals surface area contributed by atoms with Crippen molar-refractivity contribution in [1.29, 1.82) is 0 Å². The van der Waals surface area contributed by atoms with Crippen LogP contribution in [-0.4, -0.2) is 20.7 Å². The maximum Gasteiger partial charge on any atom is 0.282 e. The van der Waals surface area contributed by atoms with Crippen molar-refractivity contribution in [2.24, 2.45) is 0 Å². The van der Waals surface area contributed by atoms with Crippen molar-refractivity contribution in [3.05, 3.63) is 80.8 Å². The van der Waals surface area contributed by atoms with Gasteiger partial charge in [0.1, 0.15) is 11.1 Å². The molecule has 9 heteroatoms. The molecule has 0 aliphatic rings. The number of nitrogens with one attached hydrogen (secondary N) is 1. The zero-order valence-electron chi connectivity index (χ0n) is 13.1. The third-order valence-corrected chi connectivity index (χ3v) is 3.78. The van der Waals surface area contributed by atoms with Crippen LogP contribution in [0.4, 0.5) is 17.6 Å². The first kappa shape index (κ1) is 17.5. The van der Waals surface area contributed by atoms with Crippen LogP contribution in [0, 0.1) is 30.2 Å². The molecule has 1 aromatic heterocycles. The van der Waals surface area contributed by atoms with Crippen molar-refractivity contribution < 1.29 is 27.5 Å². The second kappa shape index (κ2) is 6.17. The fourth-order valence-electron chi connectivity index (χ4n) is 2.53. The van der Waals surface area contributed by atoms with Gasteiger partial charge in [0.05, 0.1) is 5.69 Å². The smallest absolute Gasteiger partial charge is 0.282 e. The third kappa shape index (κ3) is 2.48. The van der Waals surface area contributed by atoms with E-state index in [0.717, 1.165) is 4.68 Å². The molecular weight excluding hydrogens is 356 g/mol. The number of aromatic amines is 1. The maximum atomic E-state index is 14.0. The standard InChI is InChI=1S/C17H10F4N2O3/c1-7-9(17(26)23(22-7)8-5-3-2-4-6-8)15(24)10-11(18)12(19)13(20)14(21)16(10)25/h2-6,22,25H,1H3. The van der Waals surface area contributed by atoms with Crippen LogP contribution in [-0.2, 0) is 0 Å². The van der Waals surface area contributed by atoms with E-state index in [1.165, 1.54) is 6.92 Å². The molecule has 0 fully saturated rings. The van der Waals surface area contributed by atoms with E-state index in [1.54, 1.807) is 30.3 Å². The van der Waals surface area contributed by atoms with Crippen LogP contribution in [0.15, 0.2) is 35.1 Å². The Morgan fingerprint density at radius 2 is 1.54 bits per heavy atom. The van der Waals surface area contributed by atoms with Crippen molar-refractivity contribution in [2.45, 2.75) is 6.92 Å². The van der Waals surface area contributed by atoms with Crippen molar-refractivity contribution in [3.8, 4) is 11.4 Å². The van der Waals surface area contributed by atoms with Gasteiger partial charge in [0.15, 0.2) is 17.4 Å². The summed E-state index contributed by atoms with van der Waals surface area (Å²) in [5, 5.41) is 12.1. The highest BCUT2D eigenvalue weighted by molar-refractivity contribution is 6.11. The van der Waals surface area contributed by atoms with Crippen LogP contribution in [0.2, 0.25) is 0 Å². The molecule has 134 valence electrons. The Morgan fingerprint density at radius 3 is 2.15 bits per heavy atom. The molecule has 0 unspecified atom stereocenters. The quantitative estimate of drug-likeness (QED) is 0.324. The Kier molecular flexibility index (Phi) is 4.15. The Morgan fingerprint density at radius 1 is 0.962 bits per heavy atom. The lowest BCUT2D eigenvalue weighted by Crippen LogP contribution is -2.22. The number of H-pyrrole nitrogens is 1. The van der Waals surface area contributed by atoms with Crippen LogP contribution in [0.25, 0.3) is 5.69 Å². The summed E-state index contributed by atoms with van der Waals surface area (Å²) in [5.41, 5.74) is -2.72. The van der Waals surface area contributed by atoms with Gasteiger partial charge in [-0.3, -0.25) is 14.7 Å². The predicted octanol–water partition coefficient (Wildman–Crippen LogP) is 2.97. The van der Waals surface area contributed by atoms with Crippen LogP contribution < -0.4 is 5.56 Å². The number of hydrogen-bond donors (Lipinski definition) is 2. The summed E-state index contributed by atoms with van der Waals surface area (Å²) < 4.78 is 55.0. The first-order chi connectivity index (χ1) is 12.3. The Balaban J connectivity index is 2.23. The number of aryl methyl sites for hydroxylation is 1. The minimum atomic E-state index is -2.26. The van der Waals surface area contributed by atoms with Gasteiger partial charge in [0, 0.05) is 5.69 Å². The van der Waals surface area contributed by atoms with Crippen LogP contribution in [0.5, 0.6) is 5.75 Å². The summed E-state index contributed by atoms with van der Waals surface area (Å²) in [6.45, 7) is 1.30. The fourth-order valence-corrected chi connectivity index (χ4v) is 2.53. The van der Waals surface area contributed by atoms with Gasteiger partial charge in [0.25, 0.3) is 5.56 Å². The SMILES string of the molecule is Cc1[nH]n(-c2ccccc2)c(=O)c1C(=O)c1c(O)c(F)c(F)c(F)c1F. The van der Waals surface area contributed by atoms with Crippen LogP contribution >= 0.6 is 0 Å². The first-order valence-electron chi connectivity index (χ1n) is 7.22. The molecule has 0 spiro atoms. The number of phenols is 1. The minimum absolute atomic E-state index is 0.0344. The highest BCUT2D eigenvalue weighted by Gasteiger charge is 2.32. The van der Waals surface area contributed by atoms with Crippen molar-refractivity contribution >= 4 is 5.78 Å². The van der Waals surface area contributed by atoms with Gasteiger partial charge in [0.2, 0.25) is 17.4 Å². The molecule has 0 radical (unpaired) electrons. The van der Waals surface area contributed by atoms with Gasteiger partial charge >= 0.3 is 0 Å². The monoisotopic (exact) mass is 366 g/mol. The number of para-hydroxylation sites is 1. The van der Waals surface area contributed by atoms with Gasteiger partial charge in [-0.05, 0) is 19.1 Å². The maximum absolute atomic E-state index is 14.0. The molecular formula is C17H10F4N2O3. The molecule has 2 aromatic carbocycles. The van der Waals surface area contributed by atoms with E-state index in [0.29, 0.717) is 5.69 Å². The second-order valence-electron chi connectivity index (χ2n) is 5.40. The van der Waals surface area contributed by atoms with E-state index >= 15 is 0 Å². The molecule has 0 aliphatic heterocycles. The van der Waals surface area contributed by atoms with E-state index in [2.05, 4.69) is 5.10 Å². The molecule has 2 N–H and O–H groups in total. The summed E-state index contributed by atoms with van der Waals surface area (Å²) in [6.07, 6.45) is 0. The molecule has 0 bridgehead atoms. The molecule has 0 saturated carbocycles. The van der Waals surface area contributed by atoms with Crippen molar-refractivity contribution in [1.82, 2.24) is 9.78 Å². The number of benzene rings is 2. The normalized spacial score (nSPS) is 11.0. The number of ketones is 1. The number of nitrogens with zero attached hydrogens (tertiary/aromatic N) is 1. The van der Waals surface area contributed by atoms with Gasteiger partial charge < -0.3 is 5.11 Å². The van der Waals surface area contributed by atoms with Crippen LogP contribution in [0.1, 0.15) is 21.6 Å². The highest BCUT2D eigenvalue weighted by atomic mass is 19.2. The average molecular weight is 366 g/mol. The van der Waals surface area contributed by atoms with Gasteiger partial charge in [-0.1, -0.05) is 18.2 Å². The first-order valence-corrected chi connectivity index (χ1v) is 7.22. The van der Waals surface area contributed by atoms with Crippen LogP contribution in [0.3, 0.4) is 0 Å². The number of rotatable bonds is 3. The number of aromatic nitrogens is 2. The zero-order chi connectivity index (χ0) is 19.2. The molecule has 0 amide bonds. The van der Waals surface area contributed by atoms with Crippen molar-refractivity contribution in [3.63, 3.8) is 0 Å². The molecule has 3 rings (SSSR count). The number of hydrogen-bond acceptors (Lipinski definition) is 3. The van der Waals surface area contributed by atoms with Gasteiger partial charge in [-0.25, -0.2) is 17.9 Å². The summed E-state index contributed by atoms with van der Waals surface area (Å²) >= 11 is 0. The molecule has 0 aliphatic carbocycles.